The van der Waals surface area contributed by atoms with Crippen molar-refractivity contribution in [3.05, 3.63) is 34.9 Å². The Morgan fingerprint density at radius 2 is 2.05 bits per heavy atom. The molecule has 0 spiro atoms. The van der Waals surface area contributed by atoms with Crippen LogP contribution in [0.1, 0.15) is 50.4 Å². The molecule has 1 aromatic rings. The van der Waals surface area contributed by atoms with Crippen molar-refractivity contribution in [2.75, 3.05) is 6.54 Å². The predicted octanol–water partition coefficient (Wildman–Crippen LogP) is 4.38. The van der Waals surface area contributed by atoms with E-state index >= 15 is 0 Å². The molecule has 0 bridgehead atoms. The molecule has 0 N–H and O–H groups in total. The number of hydrogen-bond donors (Lipinski definition) is 0. The average Bonchev–Trinajstić information content (AvgIpc) is 2.37. The molecule has 2 nitrogen and oxygen atoms in total. The number of carbonyl (C=O) groups excluding carboxylic acids is 1. The Balaban J connectivity index is 2.25. The van der Waals surface area contributed by atoms with Gasteiger partial charge in [-0.1, -0.05) is 38.4 Å². The minimum absolute atomic E-state index is 0.113. The summed E-state index contributed by atoms with van der Waals surface area (Å²) in [5.74, 6) is 0.113. The van der Waals surface area contributed by atoms with Crippen molar-refractivity contribution in [1.82, 2.24) is 4.90 Å². The van der Waals surface area contributed by atoms with Crippen molar-refractivity contribution in [1.29, 1.82) is 0 Å². The summed E-state index contributed by atoms with van der Waals surface area (Å²) in [4.78, 5) is 14.7. The molecule has 0 radical (unpaired) electrons. The molecule has 1 saturated heterocycles. The summed E-state index contributed by atoms with van der Waals surface area (Å²) in [7, 11) is 0. The quantitative estimate of drug-likeness (QED) is 0.747. The molecule has 2 rings (SSSR count). The van der Waals surface area contributed by atoms with Gasteiger partial charge in [0.25, 0.3) is 5.91 Å². The van der Waals surface area contributed by atoms with Crippen molar-refractivity contribution >= 4 is 17.5 Å². The third kappa shape index (κ3) is 3.30. The first-order chi connectivity index (χ1) is 8.89. The second kappa shape index (κ2) is 5.54. The van der Waals surface area contributed by atoms with Gasteiger partial charge in [-0.3, -0.25) is 4.79 Å². The highest BCUT2D eigenvalue weighted by Gasteiger charge is 2.35. The number of benzene rings is 1. The van der Waals surface area contributed by atoms with Gasteiger partial charge in [-0.05, 0) is 42.9 Å². The molecule has 1 aromatic carbocycles. The van der Waals surface area contributed by atoms with Crippen LogP contribution in [0.5, 0.6) is 0 Å². The van der Waals surface area contributed by atoms with E-state index in [1.54, 1.807) is 12.1 Å². The van der Waals surface area contributed by atoms with Gasteiger partial charge in [0.2, 0.25) is 0 Å². The molecule has 3 heteroatoms. The molecule has 1 aliphatic rings. The number of hydrogen-bond acceptors (Lipinski definition) is 1. The van der Waals surface area contributed by atoms with Gasteiger partial charge in [0.15, 0.2) is 0 Å². The molecule has 1 atom stereocenters. The number of piperidine rings is 1. The first-order valence-corrected chi connectivity index (χ1v) is 7.34. The smallest absolute Gasteiger partial charge is 0.254 e. The number of rotatable bonds is 1. The molecular formula is C16H22ClNO. The number of likely N-dealkylation sites (tertiary alicyclic amines) is 1. The van der Waals surface area contributed by atoms with E-state index < -0.39 is 0 Å². The van der Waals surface area contributed by atoms with Gasteiger partial charge in [-0.2, -0.15) is 0 Å². The fraction of sp³-hybridized carbons (Fsp3) is 0.562. The van der Waals surface area contributed by atoms with Crippen molar-refractivity contribution in [2.45, 2.75) is 46.1 Å². The van der Waals surface area contributed by atoms with E-state index in [1.165, 1.54) is 6.42 Å². The van der Waals surface area contributed by atoms with E-state index in [-0.39, 0.29) is 11.3 Å². The third-order valence-corrected chi connectivity index (χ3v) is 4.07. The van der Waals surface area contributed by atoms with Gasteiger partial charge in [-0.25, -0.2) is 0 Å². The maximum Gasteiger partial charge on any atom is 0.254 e. The lowest BCUT2D eigenvalue weighted by atomic mass is 9.80. The zero-order chi connectivity index (χ0) is 14.0. The van der Waals surface area contributed by atoms with Crippen molar-refractivity contribution in [3.63, 3.8) is 0 Å². The Kier molecular flexibility index (Phi) is 4.19. The molecule has 0 saturated carbocycles. The fourth-order valence-corrected chi connectivity index (χ4v) is 3.05. The van der Waals surface area contributed by atoms with Crippen LogP contribution < -0.4 is 0 Å². The molecule has 1 fully saturated rings. The highest BCUT2D eigenvalue weighted by atomic mass is 35.5. The lowest BCUT2D eigenvalue weighted by Crippen LogP contribution is -2.50. The summed E-state index contributed by atoms with van der Waals surface area (Å²) in [6, 6.07) is 7.56. The summed E-state index contributed by atoms with van der Waals surface area (Å²) in [6.45, 7) is 7.48. The van der Waals surface area contributed by atoms with E-state index in [1.807, 2.05) is 17.0 Å². The molecule has 0 aliphatic carbocycles. The lowest BCUT2D eigenvalue weighted by molar-refractivity contribution is 0.0397. The number of halogens is 1. The van der Waals surface area contributed by atoms with E-state index in [4.69, 9.17) is 11.6 Å². The van der Waals surface area contributed by atoms with Crippen LogP contribution in [0.15, 0.2) is 24.3 Å². The lowest BCUT2D eigenvalue weighted by Gasteiger charge is -2.43. The van der Waals surface area contributed by atoms with Gasteiger partial charge >= 0.3 is 0 Å². The van der Waals surface area contributed by atoms with E-state index in [2.05, 4.69) is 20.8 Å². The molecule has 1 heterocycles. The van der Waals surface area contributed by atoms with Crippen LogP contribution in [0.3, 0.4) is 0 Å². The number of carbonyl (C=O) groups is 1. The standard InChI is InChI=1S/C16H22ClNO/c1-16(2,3)14-9-4-5-10-18(14)15(19)12-7-6-8-13(17)11-12/h6-8,11,14H,4-5,9-10H2,1-3H3. The van der Waals surface area contributed by atoms with Gasteiger partial charge in [0.1, 0.15) is 0 Å². The summed E-state index contributed by atoms with van der Waals surface area (Å²) in [6.07, 6.45) is 3.40. The monoisotopic (exact) mass is 279 g/mol. The normalized spacial score (nSPS) is 20.4. The summed E-state index contributed by atoms with van der Waals surface area (Å²) >= 11 is 5.98. The minimum Gasteiger partial charge on any atom is -0.335 e. The molecule has 1 amide bonds. The first-order valence-electron chi connectivity index (χ1n) is 6.96. The molecular weight excluding hydrogens is 258 g/mol. The summed E-state index contributed by atoms with van der Waals surface area (Å²) in [5, 5.41) is 0.621. The molecule has 19 heavy (non-hydrogen) atoms. The first kappa shape index (κ1) is 14.4. The van der Waals surface area contributed by atoms with Gasteiger partial charge < -0.3 is 4.90 Å². The Labute approximate surface area is 120 Å². The van der Waals surface area contributed by atoms with Crippen LogP contribution >= 0.6 is 11.6 Å². The number of amides is 1. The molecule has 0 aromatic heterocycles. The van der Waals surface area contributed by atoms with Crippen LogP contribution in [-0.4, -0.2) is 23.4 Å². The second-order valence-corrected chi connectivity index (χ2v) is 6.82. The Hall–Kier alpha value is -1.02. The van der Waals surface area contributed by atoms with Crippen molar-refractivity contribution in [3.8, 4) is 0 Å². The number of nitrogens with zero attached hydrogens (tertiary/aromatic N) is 1. The highest BCUT2D eigenvalue weighted by Crippen LogP contribution is 2.32. The topological polar surface area (TPSA) is 20.3 Å². The maximum atomic E-state index is 12.7. The Bertz CT molecular complexity index is 464. The van der Waals surface area contributed by atoms with Crippen LogP contribution in [0.4, 0.5) is 0 Å². The average molecular weight is 280 g/mol. The molecule has 104 valence electrons. The maximum absolute atomic E-state index is 12.7. The van der Waals surface area contributed by atoms with E-state index in [0.29, 0.717) is 16.6 Å². The van der Waals surface area contributed by atoms with Crippen LogP contribution in [0.25, 0.3) is 0 Å². The van der Waals surface area contributed by atoms with Gasteiger partial charge in [0, 0.05) is 23.2 Å². The van der Waals surface area contributed by atoms with E-state index in [9.17, 15) is 4.79 Å². The predicted molar refractivity (Wildman–Crippen MR) is 79.6 cm³/mol. The molecule has 1 aliphatic heterocycles. The van der Waals surface area contributed by atoms with Crippen molar-refractivity contribution in [2.24, 2.45) is 5.41 Å². The minimum atomic E-state index is 0.113. The highest BCUT2D eigenvalue weighted by molar-refractivity contribution is 6.30. The third-order valence-electron chi connectivity index (χ3n) is 3.83. The Morgan fingerprint density at radius 1 is 1.32 bits per heavy atom. The summed E-state index contributed by atoms with van der Waals surface area (Å²) in [5.41, 5.74) is 0.818. The van der Waals surface area contributed by atoms with Crippen LogP contribution in [-0.2, 0) is 0 Å². The second-order valence-electron chi connectivity index (χ2n) is 6.39. The molecule has 1 unspecified atom stereocenters. The van der Waals surface area contributed by atoms with Crippen molar-refractivity contribution < 1.29 is 4.79 Å². The fourth-order valence-electron chi connectivity index (χ4n) is 2.86. The largest absolute Gasteiger partial charge is 0.335 e. The van der Waals surface area contributed by atoms with Gasteiger partial charge in [-0.15, -0.1) is 0 Å². The zero-order valence-electron chi connectivity index (χ0n) is 11.9. The SMILES string of the molecule is CC(C)(C)C1CCCCN1C(=O)c1cccc(Cl)c1. The van der Waals surface area contributed by atoms with Crippen LogP contribution in [0.2, 0.25) is 5.02 Å². The summed E-state index contributed by atoms with van der Waals surface area (Å²) < 4.78 is 0. The van der Waals surface area contributed by atoms with Gasteiger partial charge in [0.05, 0.1) is 0 Å². The van der Waals surface area contributed by atoms with Crippen LogP contribution in [0, 0.1) is 5.41 Å². The Morgan fingerprint density at radius 3 is 2.68 bits per heavy atom. The zero-order valence-corrected chi connectivity index (χ0v) is 12.7. The van der Waals surface area contributed by atoms with E-state index in [0.717, 1.165) is 19.4 Å².